The average Bonchev–Trinajstić information content (AvgIpc) is 2.42. The second-order valence-electron chi connectivity index (χ2n) is 4.08. The van der Waals surface area contributed by atoms with Gasteiger partial charge in [-0.3, -0.25) is 0 Å². The third-order valence-electron chi connectivity index (χ3n) is 2.68. The van der Waals surface area contributed by atoms with Crippen molar-refractivity contribution in [2.75, 3.05) is 11.1 Å². The first-order valence-corrected chi connectivity index (χ1v) is 5.65. The third-order valence-corrected chi connectivity index (χ3v) is 2.68. The lowest BCUT2D eigenvalue weighted by Gasteiger charge is -2.13. The third kappa shape index (κ3) is 2.83. The molecule has 0 atom stereocenters. The Bertz CT molecular complexity index is 678. The maximum absolute atomic E-state index is 13.7. The second-order valence-corrected chi connectivity index (χ2v) is 4.08. The van der Waals surface area contributed by atoms with E-state index in [-0.39, 0.29) is 28.2 Å². The van der Waals surface area contributed by atoms with E-state index < -0.39 is 12.2 Å². The van der Waals surface area contributed by atoms with Gasteiger partial charge in [0.2, 0.25) is 0 Å². The van der Waals surface area contributed by atoms with Crippen LogP contribution in [0.3, 0.4) is 0 Å². The summed E-state index contributed by atoms with van der Waals surface area (Å²) in [6.45, 7) is 0. The molecule has 0 amide bonds. The Morgan fingerprint density at radius 2 is 1.80 bits per heavy atom. The number of anilines is 3. The van der Waals surface area contributed by atoms with Gasteiger partial charge >= 0.3 is 0 Å². The van der Waals surface area contributed by atoms with Crippen molar-refractivity contribution in [1.29, 1.82) is 5.26 Å². The number of nitrogens with zero attached hydrogens (tertiary/aromatic N) is 1. The Morgan fingerprint density at radius 3 is 2.40 bits per heavy atom. The van der Waals surface area contributed by atoms with Gasteiger partial charge in [-0.2, -0.15) is 5.26 Å². The largest absolute Gasteiger partial charge is 0.399 e. The molecule has 0 bridgehead atoms. The van der Waals surface area contributed by atoms with Crippen molar-refractivity contribution in [2.24, 2.45) is 0 Å². The molecule has 102 valence electrons. The van der Waals surface area contributed by atoms with Gasteiger partial charge in [0.15, 0.2) is 0 Å². The monoisotopic (exact) mass is 277 g/mol. The molecule has 0 aromatic heterocycles. The first-order chi connectivity index (χ1) is 9.51. The van der Waals surface area contributed by atoms with Crippen molar-refractivity contribution in [1.82, 2.24) is 0 Å². The summed E-state index contributed by atoms with van der Waals surface area (Å²) in [5.41, 5.74) is 5.57. The standard InChI is InChI=1S/C14H10F3N3/c15-11-5-8(7-18)1-3-13(11)20-12-4-2-9(19)6-10(12)14(16)17/h1-6,14,20H,19H2. The van der Waals surface area contributed by atoms with Gasteiger partial charge in [-0.15, -0.1) is 0 Å². The summed E-state index contributed by atoms with van der Waals surface area (Å²) >= 11 is 0. The van der Waals surface area contributed by atoms with E-state index in [1.807, 2.05) is 0 Å². The highest BCUT2D eigenvalue weighted by Crippen LogP contribution is 2.31. The second kappa shape index (κ2) is 5.53. The number of nitrogens with two attached hydrogens (primary N) is 1. The smallest absolute Gasteiger partial charge is 0.265 e. The predicted molar refractivity (Wildman–Crippen MR) is 70.2 cm³/mol. The summed E-state index contributed by atoms with van der Waals surface area (Å²) in [5.74, 6) is -0.693. The minimum absolute atomic E-state index is 0.00988. The molecule has 0 saturated carbocycles. The summed E-state index contributed by atoms with van der Waals surface area (Å²) in [6.07, 6.45) is -2.73. The molecule has 0 unspecified atom stereocenters. The summed E-state index contributed by atoms with van der Waals surface area (Å²) in [6, 6.07) is 9.46. The Hall–Kier alpha value is -2.68. The maximum Gasteiger partial charge on any atom is 0.265 e. The number of alkyl halides is 2. The molecule has 0 saturated heterocycles. The first kappa shape index (κ1) is 13.7. The van der Waals surface area contributed by atoms with Crippen LogP contribution in [-0.4, -0.2) is 0 Å². The summed E-state index contributed by atoms with van der Waals surface area (Å²) in [4.78, 5) is 0. The van der Waals surface area contributed by atoms with Gasteiger partial charge in [-0.25, -0.2) is 13.2 Å². The van der Waals surface area contributed by atoms with Gasteiger partial charge in [0, 0.05) is 16.9 Å². The summed E-state index contributed by atoms with van der Waals surface area (Å²) in [5, 5.41) is 11.2. The fourth-order valence-corrected chi connectivity index (χ4v) is 1.71. The van der Waals surface area contributed by atoms with Crippen LogP contribution in [0.1, 0.15) is 17.6 Å². The van der Waals surface area contributed by atoms with Gasteiger partial charge in [0.1, 0.15) is 5.82 Å². The average molecular weight is 277 g/mol. The Labute approximate surface area is 113 Å². The van der Waals surface area contributed by atoms with Crippen LogP contribution in [0.25, 0.3) is 0 Å². The van der Waals surface area contributed by atoms with Crippen molar-refractivity contribution >= 4 is 17.1 Å². The van der Waals surface area contributed by atoms with E-state index in [4.69, 9.17) is 11.0 Å². The molecule has 0 aliphatic carbocycles. The highest BCUT2D eigenvalue weighted by atomic mass is 19.3. The van der Waals surface area contributed by atoms with Crippen LogP contribution in [-0.2, 0) is 0 Å². The molecule has 3 nitrogen and oxygen atoms in total. The van der Waals surface area contributed by atoms with Crippen molar-refractivity contribution in [2.45, 2.75) is 6.43 Å². The molecule has 0 fully saturated rings. The molecule has 20 heavy (non-hydrogen) atoms. The topological polar surface area (TPSA) is 61.8 Å². The lowest BCUT2D eigenvalue weighted by Crippen LogP contribution is -2.00. The molecular formula is C14H10F3N3. The minimum Gasteiger partial charge on any atom is -0.399 e. The molecule has 2 aromatic rings. The number of nitriles is 1. The highest BCUT2D eigenvalue weighted by Gasteiger charge is 2.14. The van der Waals surface area contributed by atoms with E-state index in [0.717, 1.165) is 12.1 Å². The SMILES string of the molecule is N#Cc1ccc(Nc2ccc(N)cc2C(F)F)c(F)c1. The Balaban J connectivity index is 2.38. The zero-order valence-corrected chi connectivity index (χ0v) is 10.2. The zero-order chi connectivity index (χ0) is 14.7. The molecule has 0 spiro atoms. The van der Waals surface area contributed by atoms with Crippen LogP contribution in [0.15, 0.2) is 36.4 Å². The van der Waals surface area contributed by atoms with Crippen LogP contribution in [0, 0.1) is 17.1 Å². The Morgan fingerprint density at radius 1 is 1.10 bits per heavy atom. The highest BCUT2D eigenvalue weighted by molar-refractivity contribution is 5.67. The normalized spacial score (nSPS) is 10.3. The zero-order valence-electron chi connectivity index (χ0n) is 10.2. The fraction of sp³-hybridized carbons (Fsp3) is 0.0714. The van der Waals surface area contributed by atoms with Gasteiger partial charge in [0.05, 0.1) is 17.3 Å². The number of nitrogens with one attached hydrogen (secondary N) is 1. The van der Waals surface area contributed by atoms with Crippen molar-refractivity contribution in [3.63, 3.8) is 0 Å². The van der Waals surface area contributed by atoms with Gasteiger partial charge in [-0.1, -0.05) is 0 Å². The van der Waals surface area contributed by atoms with Crippen LogP contribution in [0.4, 0.5) is 30.2 Å². The van der Waals surface area contributed by atoms with Gasteiger partial charge in [0.25, 0.3) is 6.43 Å². The number of halogens is 3. The molecule has 0 aliphatic heterocycles. The number of hydrogen-bond donors (Lipinski definition) is 2. The van der Waals surface area contributed by atoms with Crippen LogP contribution >= 0.6 is 0 Å². The number of rotatable bonds is 3. The lowest BCUT2D eigenvalue weighted by molar-refractivity contribution is 0.152. The summed E-state index contributed by atoms with van der Waals surface area (Å²) < 4.78 is 39.5. The number of nitrogen functional groups attached to an aromatic ring is 1. The van der Waals surface area contributed by atoms with Gasteiger partial charge < -0.3 is 11.1 Å². The predicted octanol–water partition coefficient (Wildman–Crippen LogP) is 3.96. The molecule has 6 heteroatoms. The number of benzene rings is 2. The molecule has 0 radical (unpaired) electrons. The Kier molecular flexibility index (Phi) is 3.80. The molecule has 2 aromatic carbocycles. The molecule has 0 heterocycles. The minimum atomic E-state index is -2.73. The van der Waals surface area contributed by atoms with E-state index in [2.05, 4.69) is 5.32 Å². The summed E-state index contributed by atoms with van der Waals surface area (Å²) in [7, 11) is 0. The quantitative estimate of drug-likeness (QED) is 0.835. The van der Waals surface area contributed by atoms with Crippen molar-refractivity contribution in [3.8, 4) is 6.07 Å². The lowest BCUT2D eigenvalue weighted by atomic mass is 10.1. The van der Waals surface area contributed by atoms with Crippen molar-refractivity contribution in [3.05, 3.63) is 53.3 Å². The van der Waals surface area contributed by atoms with Crippen LogP contribution in [0.5, 0.6) is 0 Å². The fourth-order valence-electron chi connectivity index (χ4n) is 1.71. The van der Waals surface area contributed by atoms with E-state index in [9.17, 15) is 13.2 Å². The van der Waals surface area contributed by atoms with Crippen molar-refractivity contribution < 1.29 is 13.2 Å². The van der Waals surface area contributed by atoms with Crippen LogP contribution < -0.4 is 11.1 Å². The van der Waals surface area contributed by atoms with E-state index in [0.29, 0.717) is 0 Å². The first-order valence-electron chi connectivity index (χ1n) is 5.65. The van der Waals surface area contributed by atoms with Gasteiger partial charge in [-0.05, 0) is 36.4 Å². The van der Waals surface area contributed by atoms with Crippen LogP contribution in [0.2, 0.25) is 0 Å². The molecule has 2 rings (SSSR count). The molecule has 3 N–H and O–H groups in total. The van der Waals surface area contributed by atoms with E-state index in [1.54, 1.807) is 6.07 Å². The van der Waals surface area contributed by atoms with E-state index in [1.165, 1.54) is 24.3 Å². The maximum atomic E-state index is 13.7. The molecular weight excluding hydrogens is 267 g/mol. The van der Waals surface area contributed by atoms with E-state index >= 15 is 0 Å². The number of hydrogen-bond acceptors (Lipinski definition) is 3. The molecule has 0 aliphatic rings.